The molecule has 0 amide bonds. The molecular weight excluding hydrogens is 349 g/mol. The molecule has 0 spiro atoms. The van der Waals surface area contributed by atoms with E-state index >= 15 is 0 Å². The number of carbonyl (C=O) groups excluding carboxylic acids is 1. The topological polar surface area (TPSA) is 64.1 Å². The number of halogens is 2. The Labute approximate surface area is 150 Å². The normalized spacial score (nSPS) is 10.1. The molecule has 0 bridgehead atoms. The van der Waals surface area contributed by atoms with E-state index in [1.165, 1.54) is 13.3 Å². The lowest BCUT2D eigenvalue weighted by Gasteiger charge is -2.13. The van der Waals surface area contributed by atoms with E-state index in [-0.39, 0.29) is 12.4 Å². The molecule has 0 fully saturated rings. The molecule has 3 rings (SSSR count). The highest BCUT2D eigenvalue weighted by Gasteiger charge is 2.17. The van der Waals surface area contributed by atoms with Gasteiger partial charge in [0.15, 0.2) is 5.65 Å². The molecule has 1 aromatic carbocycles. The van der Waals surface area contributed by atoms with Crippen molar-refractivity contribution < 1.29 is 9.53 Å². The molecule has 0 saturated heterocycles. The minimum Gasteiger partial charge on any atom is -0.465 e. The van der Waals surface area contributed by atoms with Crippen LogP contribution in [0.3, 0.4) is 0 Å². The lowest BCUT2D eigenvalue weighted by molar-refractivity contribution is 0.0601. The predicted octanol–water partition coefficient (Wildman–Crippen LogP) is 4.54. The molecule has 5 nitrogen and oxygen atoms in total. The van der Waals surface area contributed by atoms with Gasteiger partial charge in [0.2, 0.25) is 0 Å². The zero-order chi connectivity index (χ0) is 16.4. The number of nitrogens with zero attached hydrogens (tertiary/aromatic N) is 2. The molecule has 0 aliphatic rings. The quantitative estimate of drug-likeness (QED) is 0.691. The van der Waals surface area contributed by atoms with Gasteiger partial charge in [0.1, 0.15) is 5.56 Å². The van der Waals surface area contributed by atoms with Crippen molar-refractivity contribution in [3.63, 3.8) is 0 Å². The van der Waals surface area contributed by atoms with E-state index in [0.717, 1.165) is 16.8 Å². The number of ether oxygens (including phenoxy) is 1. The van der Waals surface area contributed by atoms with Crippen LogP contribution in [-0.2, 0) is 4.74 Å². The van der Waals surface area contributed by atoms with Gasteiger partial charge in [-0.3, -0.25) is 0 Å². The van der Waals surface area contributed by atoms with Crippen LogP contribution in [0.4, 0.5) is 11.4 Å². The number of hydrogen-bond donors (Lipinski definition) is 1. The molecule has 0 aliphatic heterocycles. The van der Waals surface area contributed by atoms with Gasteiger partial charge in [-0.25, -0.2) is 14.8 Å². The van der Waals surface area contributed by atoms with Gasteiger partial charge in [-0.2, -0.15) is 0 Å². The first-order valence-electron chi connectivity index (χ1n) is 6.96. The third-order valence-electron chi connectivity index (χ3n) is 3.39. The van der Waals surface area contributed by atoms with Crippen LogP contribution in [0, 0.1) is 6.92 Å². The fraction of sp³-hybridized carbons (Fsp3) is 0.118. The van der Waals surface area contributed by atoms with Crippen molar-refractivity contribution in [2.75, 3.05) is 12.4 Å². The molecule has 3 aromatic rings. The molecule has 124 valence electrons. The zero-order valence-corrected chi connectivity index (χ0v) is 14.6. The number of nitrogens with one attached hydrogen (secondary N) is 1. The van der Waals surface area contributed by atoms with Crippen molar-refractivity contribution in [2.45, 2.75) is 6.92 Å². The molecule has 0 aliphatic carbocycles. The fourth-order valence-corrected chi connectivity index (χ4v) is 2.37. The summed E-state index contributed by atoms with van der Waals surface area (Å²) in [7, 11) is 1.34. The van der Waals surface area contributed by atoms with Gasteiger partial charge in [-0.15, -0.1) is 12.4 Å². The number of pyridine rings is 2. The highest BCUT2D eigenvalue weighted by atomic mass is 35.5. The molecule has 0 radical (unpaired) electrons. The molecule has 0 atom stereocenters. The Balaban J connectivity index is 0.00000208. The van der Waals surface area contributed by atoms with Crippen LogP contribution < -0.4 is 5.32 Å². The maximum absolute atomic E-state index is 12.0. The summed E-state index contributed by atoms with van der Waals surface area (Å²) in [6.45, 7) is 1.89. The summed E-state index contributed by atoms with van der Waals surface area (Å²) in [5.74, 6) is -0.462. The molecule has 2 heterocycles. The fourth-order valence-electron chi connectivity index (χ4n) is 2.25. The molecule has 2 aromatic heterocycles. The highest BCUT2D eigenvalue weighted by Crippen LogP contribution is 2.29. The Morgan fingerprint density at radius 3 is 2.54 bits per heavy atom. The number of methoxy groups -OCH3 is 1. The lowest BCUT2D eigenvalue weighted by atomic mass is 10.1. The van der Waals surface area contributed by atoms with E-state index in [2.05, 4.69) is 15.3 Å². The Bertz CT molecular complexity index is 883. The van der Waals surface area contributed by atoms with Gasteiger partial charge in [0.25, 0.3) is 0 Å². The summed E-state index contributed by atoms with van der Waals surface area (Å²) in [5.41, 5.74) is 3.17. The number of carbonyl (C=O) groups is 1. The van der Waals surface area contributed by atoms with Crippen LogP contribution in [-0.4, -0.2) is 23.0 Å². The van der Waals surface area contributed by atoms with E-state index < -0.39 is 5.97 Å². The second-order valence-electron chi connectivity index (χ2n) is 4.99. The number of anilines is 2. The number of benzene rings is 1. The average molecular weight is 364 g/mol. The molecule has 24 heavy (non-hydrogen) atoms. The minimum absolute atomic E-state index is 0. The van der Waals surface area contributed by atoms with Crippen LogP contribution in [0.1, 0.15) is 16.1 Å². The van der Waals surface area contributed by atoms with E-state index in [1.54, 1.807) is 12.1 Å². The van der Waals surface area contributed by atoms with Gasteiger partial charge in [0.05, 0.1) is 12.8 Å². The maximum atomic E-state index is 12.0. The third kappa shape index (κ3) is 3.58. The second-order valence-corrected chi connectivity index (χ2v) is 5.43. The summed E-state index contributed by atoms with van der Waals surface area (Å²) in [6.07, 6.45) is 1.47. The molecular formula is C17H15Cl2N3O2. The van der Waals surface area contributed by atoms with E-state index in [9.17, 15) is 4.79 Å². The van der Waals surface area contributed by atoms with Crippen LogP contribution >= 0.6 is 24.0 Å². The largest absolute Gasteiger partial charge is 0.465 e. The SMILES string of the molecule is COC(=O)c1cnc2nc(C)ccc2c1Nc1ccc(Cl)cc1.Cl. The Kier molecular flexibility index (Phi) is 5.59. The van der Waals surface area contributed by atoms with E-state index in [1.807, 2.05) is 31.2 Å². The highest BCUT2D eigenvalue weighted by molar-refractivity contribution is 6.30. The van der Waals surface area contributed by atoms with Gasteiger partial charge in [-0.1, -0.05) is 11.6 Å². The van der Waals surface area contributed by atoms with Crippen molar-refractivity contribution in [2.24, 2.45) is 0 Å². The second kappa shape index (κ2) is 7.47. The summed E-state index contributed by atoms with van der Waals surface area (Å²) >= 11 is 5.91. The van der Waals surface area contributed by atoms with Crippen LogP contribution in [0.15, 0.2) is 42.6 Å². The smallest absolute Gasteiger partial charge is 0.341 e. The van der Waals surface area contributed by atoms with E-state index in [0.29, 0.717) is 21.9 Å². The zero-order valence-electron chi connectivity index (χ0n) is 13.0. The first-order chi connectivity index (χ1) is 11.1. The molecule has 1 N–H and O–H groups in total. The standard InChI is InChI=1S/C17H14ClN3O2.ClH/c1-10-3-8-13-15(21-12-6-4-11(18)5-7-12)14(17(22)23-2)9-19-16(13)20-10;/h3-9H,1-2H3,(H,19,20,21);1H. The predicted molar refractivity (Wildman–Crippen MR) is 97.6 cm³/mol. The Morgan fingerprint density at radius 1 is 1.17 bits per heavy atom. The molecule has 0 unspecified atom stereocenters. The van der Waals surface area contributed by atoms with Gasteiger partial charge < -0.3 is 10.1 Å². The van der Waals surface area contributed by atoms with Crippen molar-refractivity contribution in [3.05, 3.63) is 58.9 Å². The number of aromatic nitrogens is 2. The Hall–Kier alpha value is -2.37. The number of rotatable bonds is 3. The van der Waals surface area contributed by atoms with Crippen LogP contribution in [0.5, 0.6) is 0 Å². The van der Waals surface area contributed by atoms with Crippen LogP contribution in [0.2, 0.25) is 5.02 Å². The summed E-state index contributed by atoms with van der Waals surface area (Å²) in [6, 6.07) is 11.0. The van der Waals surface area contributed by atoms with E-state index in [4.69, 9.17) is 16.3 Å². The molecule has 0 saturated carbocycles. The Morgan fingerprint density at radius 2 is 1.88 bits per heavy atom. The number of fused-ring (bicyclic) bond motifs is 1. The number of aryl methyl sites for hydroxylation is 1. The first kappa shape index (κ1) is 18.0. The third-order valence-corrected chi connectivity index (χ3v) is 3.64. The lowest BCUT2D eigenvalue weighted by Crippen LogP contribution is -2.07. The first-order valence-corrected chi connectivity index (χ1v) is 7.33. The van der Waals surface area contributed by atoms with Gasteiger partial charge >= 0.3 is 5.97 Å². The summed E-state index contributed by atoms with van der Waals surface area (Å²) in [4.78, 5) is 20.7. The molecule has 7 heteroatoms. The maximum Gasteiger partial charge on any atom is 0.341 e. The van der Waals surface area contributed by atoms with Crippen LogP contribution in [0.25, 0.3) is 11.0 Å². The van der Waals surface area contributed by atoms with Gasteiger partial charge in [-0.05, 0) is 43.3 Å². The summed E-state index contributed by atoms with van der Waals surface area (Å²) < 4.78 is 4.85. The van der Waals surface area contributed by atoms with Crippen molar-refractivity contribution in [1.82, 2.24) is 9.97 Å². The van der Waals surface area contributed by atoms with Crippen molar-refractivity contribution >= 4 is 52.4 Å². The van der Waals surface area contributed by atoms with Crippen molar-refractivity contribution in [3.8, 4) is 0 Å². The number of hydrogen-bond acceptors (Lipinski definition) is 5. The monoisotopic (exact) mass is 363 g/mol. The minimum atomic E-state index is -0.462. The average Bonchev–Trinajstić information content (AvgIpc) is 2.56. The number of esters is 1. The van der Waals surface area contributed by atoms with Gasteiger partial charge in [0, 0.05) is 28.0 Å². The van der Waals surface area contributed by atoms with Crippen molar-refractivity contribution in [1.29, 1.82) is 0 Å². The summed E-state index contributed by atoms with van der Waals surface area (Å²) in [5, 5.41) is 4.62.